The molecule has 6 heteroatoms. The molecule has 0 saturated heterocycles. The maximum atomic E-state index is 11.2. The second kappa shape index (κ2) is 9.67. The maximum absolute atomic E-state index is 11.2. The molecule has 0 radical (unpaired) electrons. The highest BCUT2D eigenvalue weighted by Gasteiger charge is 2.53. The minimum absolute atomic E-state index is 0.0220. The Morgan fingerprint density at radius 2 is 1.37 bits per heavy atom. The molecule has 0 aromatic carbocycles. The Morgan fingerprint density at radius 1 is 0.889 bits per heavy atom. The lowest BCUT2D eigenvalue weighted by Gasteiger charge is -2.58. The molecule has 2 fully saturated rings. The molecule has 2 aliphatic rings. The van der Waals surface area contributed by atoms with Crippen LogP contribution >= 0.6 is 0 Å². The molecule has 0 spiro atoms. The first-order chi connectivity index (χ1) is 12.6. The van der Waals surface area contributed by atoms with Crippen molar-refractivity contribution in [1.29, 1.82) is 0 Å². The molecule has 2 saturated carbocycles. The average molecular weight is 385 g/mol. The van der Waals surface area contributed by atoms with Gasteiger partial charge in [0.2, 0.25) is 0 Å². The van der Waals surface area contributed by atoms with E-state index in [-0.39, 0.29) is 29.1 Å². The molecular weight excluding hydrogens is 348 g/mol. The molecule has 27 heavy (non-hydrogen) atoms. The van der Waals surface area contributed by atoms with Crippen molar-refractivity contribution in [2.75, 3.05) is 7.11 Å². The van der Waals surface area contributed by atoms with Crippen LogP contribution in [0.15, 0.2) is 0 Å². The van der Waals surface area contributed by atoms with Crippen LogP contribution in [0.4, 0.5) is 0 Å². The molecule has 4 unspecified atom stereocenters. The highest BCUT2D eigenvalue weighted by atomic mass is 16.4. The quantitative estimate of drug-likeness (QED) is 0.520. The molecule has 2 bridgehead atoms. The third-order valence-electron chi connectivity index (χ3n) is 6.57. The number of hydrogen-bond acceptors (Lipinski definition) is 4. The van der Waals surface area contributed by atoms with E-state index in [1.165, 1.54) is 0 Å². The second-order valence-corrected chi connectivity index (χ2v) is 9.45. The second-order valence-electron chi connectivity index (χ2n) is 9.45. The van der Waals surface area contributed by atoms with Crippen LogP contribution in [0.5, 0.6) is 0 Å². The summed E-state index contributed by atoms with van der Waals surface area (Å²) in [4.78, 5) is 33.1. The number of rotatable bonds is 9. The Morgan fingerprint density at radius 3 is 1.85 bits per heavy atom. The van der Waals surface area contributed by atoms with Gasteiger partial charge in [0.15, 0.2) is 0 Å². The van der Waals surface area contributed by atoms with Gasteiger partial charge in [-0.3, -0.25) is 9.59 Å². The SMILES string of the molecule is CC1(CCC=O)CC2CC(C)(CCC(=O)O)CC(CCC(=O)O)(C2)C1.CO. The van der Waals surface area contributed by atoms with Crippen LogP contribution < -0.4 is 0 Å². The zero-order chi connectivity index (χ0) is 20.7. The van der Waals surface area contributed by atoms with Gasteiger partial charge in [-0.2, -0.15) is 0 Å². The first-order valence-electron chi connectivity index (χ1n) is 9.91. The molecule has 0 aliphatic heterocycles. The Kier molecular flexibility index (Phi) is 8.46. The molecule has 0 heterocycles. The van der Waals surface area contributed by atoms with E-state index in [2.05, 4.69) is 13.8 Å². The van der Waals surface area contributed by atoms with E-state index >= 15 is 0 Å². The number of carbonyl (C=O) groups is 3. The Hall–Kier alpha value is -1.43. The number of carboxylic acids is 2. The zero-order valence-corrected chi connectivity index (χ0v) is 17.0. The number of fused-ring (bicyclic) bond motifs is 2. The number of hydrogen-bond donors (Lipinski definition) is 3. The zero-order valence-electron chi connectivity index (χ0n) is 17.0. The minimum Gasteiger partial charge on any atom is -0.481 e. The first kappa shape index (κ1) is 23.6. The summed E-state index contributed by atoms with van der Waals surface area (Å²) in [6.07, 6.45) is 9.11. The van der Waals surface area contributed by atoms with Gasteiger partial charge in [0, 0.05) is 26.4 Å². The van der Waals surface area contributed by atoms with Gasteiger partial charge in [-0.05, 0) is 73.5 Å². The number of aldehydes is 1. The highest BCUT2D eigenvalue weighted by Crippen LogP contribution is 2.63. The predicted molar refractivity (Wildman–Crippen MR) is 102 cm³/mol. The molecule has 6 nitrogen and oxygen atoms in total. The molecular formula is C21H36O6. The average Bonchev–Trinajstić information content (AvgIpc) is 2.57. The van der Waals surface area contributed by atoms with Crippen LogP contribution in [0.1, 0.15) is 84.5 Å². The number of aliphatic hydroxyl groups is 1. The van der Waals surface area contributed by atoms with Crippen LogP contribution in [0, 0.1) is 22.2 Å². The summed E-state index contributed by atoms with van der Waals surface area (Å²) in [6.45, 7) is 4.43. The van der Waals surface area contributed by atoms with Crippen molar-refractivity contribution in [2.45, 2.75) is 84.5 Å². The number of aliphatic carboxylic acids is 2. The topological polar surface area (TPSA) is 112 Å². The first-order valence-corrected chi connectivity index (χ1v) is 9.91. The van der Waals surface area contributed by atoms with Gasteiger partial charge >= 0.3 is 11.9 Å². The molecule has 156 valence electrons. The fraction of sp³-hybridized carbons (Fsp3) is 0.857. The molecule has 2 rings (SSSR count). The summed E-state index contributed by atoms with van der Waals surface area (Å²) >= 11 is 0. The van der Waals surface area contributed by atoms with Crippen molar-refractivity contribution < 1.29 is 29.7 Å². The predicted octanol–water partition coefficient (Wildman–Crippen LogP) is 3.90. The largest absolute Gasteiger partial charge is 0.481 e. The van der Waals surface area contributed by atoms with Crippen LogP contribution in [-0.4, -0.2) is 40.7 Å². The third kappa shape index (κ3) is 6.91. The van der Waals surface area contributed by atoms with Gasteiger partial charge in [0.05, 0.1) is 0 Å². The number of aliphatic hydroxyl groups excluding tert-OH is 1. The fourth-order valence-electron chi connectivity index (χ4n) is 6.23. The number of carbonyl (C=O) groups excluding carboxylic acids is 1. The van der Waals surface area contributed by atoms with E-state index < -0.39 is 11.9 Å². The lowest BCUT2D eigenvalue weighted by Crippen LogP contribution is -2.47. The van der Waals surface area contributed by atoms with Crippen molar-refractivity contribution in [1.82, 2.24) is 0 Å². The van der Waals surface area contributed by atoms with E-state index in [1.807, 2.05) is 0 Å². The smallest absolute Gasteiger partial charge is 0.303 e. The summed E-state index contributed by atoms with van der Waals surface area (Å²) in [7, 11) is 1.00. The third-order valence-corrected chi connectivity index (χ3v) is 6.57. The molecule has 0 aromatic heterocycles. The summed E-state index contributed by atoms with van der Waals surface area (Å²) in [5, 5.41) is 25.3. The van der Waals surface area contributed by atoms with E-state index in [0.29, 0.717) is 25.2 Å². The Bertz CT molecular complexity index is 531. The van der Waals surface area contributed by atoms with Gasteiger partial charge in [0.25, 0.3) is 0 Å². The van der Waals surface area contributed by atoms with Crippen molar-refractivity contribution in [2.24, 2.45) is 22.2 Å². The van der Waals surface area contributed by atoms with Crippen LogP contribution in [0.25, 0.3) is 0 Å². The normalized spacial score (nSPS) is 34.9. The summed E-state index contributed by atoms with van der Waals surface area (Å²) in [6, 6.07) is 0. The fourth-order valence-corrected chi connectivity index (χ4v) is 6.23. The molecule has 4 atom stereocenters. The van der Waals surface area contributed by atoms with Crippen LogP contribution in [-0.2, 0) is 14.4 Å². The monoisotopic (exact) mass is 384 g/mol. The lowest BCUT2D eigenvalue weighted by molar-refractivity contribution is -0.140. The summed E-state index contributed by atoms with van der Waals surface area (Å²) < 4.78 is 0. The Balaban J connectivity index is 0.00000176. The standard InChI is InChI=1S/C20H32O5.CH4O/c1-18(6-3-9-21)10-15-11-19(2,7-4-16(22)23)14-20(12-15,13-18)8-5-17(24)25;1-2/h9,15H,3-8,10-14H2,1-2H3,(H,22,23)(H,24,25);2H,1H3. The summed E-state index contributed by atoms with van der Waals surface area (Å²) in [5.74, 6) is -1.01. The lowest BCUT2D eigenvalue weighted by atomic mass is 9.47. The molecule has 2 aliphatic carbocycles. The van der Waals surface area contributed by atoms with Crippen molar-refractivity contribution >= 4 is 18.2 Å². The van der Waals surface area contributed by atoms with Gasteiger partial charge in [-0.25, -0.2) is 0 Å². The van der Waals surface area contributed by atoms with Gasteiger partial charge < -0.3 is 20.1 Å². The molecule has 0 aromatic rings. The van der Waals surface area contributed by atoms with Gasteiger partial charge in [-0.15, -0.1) is 0 Å². The van der Waals surface area contributed by atoms with E-state index in [1.54, 1.807) is 0 Å². The van der Waals surface area contributed by atoms with E-state index in [0.717, 1.165) is 51.9 Å². The number of carboxylic acid groups (broad SMARTS) is 2. The molecule has 3 N–H and O–H groups in total. The Labute approximate surface area is 162 Å². The highest BCUT2D eigenvalue weighted by molar-refractivity contribution is 5.67. The van der Waals surface area contributed by atoms with Crippen LogP contribution in [0.3, 0.4) is 0 Å². The molecule has 0 amide bonds. The van der Waals surface area contributed by atoms with Crippen molar-refractivity contribution in [3.8, 4) is 0 Å². The maximum Gasteiger partial charge on any atom is 0.303 e. The van der Waals surface area contributed by atoms with Crippen molar-refractivity contribution in [3.63, 3.8) is 0 Å². The minimum atomic E-state index is -0.760. The van der Waals surface area contributed by atoms with E-state index in [9.17, 15) is 19.5 Å². The van der Waals surface area contributed by atoms with Gasteiger partial charge in [-0.1, -0.05) is 13.8 Å². The van der Waals surface area contributed by atoms with E-state index in [4.69, 9.17) is 10.2 Å². The summed E-state index contributed by atoms with van der Waals surface area (Å²) in [5.41, 5.74) is 0.0483. The van der Waals surface area contributed by atoms with Crippen molar-refractivity contribution in [3.05, 3.63) is 0 Å². The van der Waals surface area contributed by atoms with Crippen LogP contribution in [0.2, 0.25) is 0 Å². The van der Waals surface area contributed by atoms with Gasteiger partial charge in [0.1, 0.15) is 6.29 Å².